The maximum absolute atomic E-state index is 11.0. The number of carbonyl (C=O) groups is 1. The Morgan fingerprint density at radius 1 is 1.53 bits per heavy atom. The molecule has 0 radical (unpaired) electrons. The van der Waals surface area contributed by atoms with Gasteiger partial charge < -0.3 is 9.63 Å². The molecule has 0 saturated carbocycles. The quantitative estimate of drug-likeness (QED) is 0.806. The number of hydrogen-bond acceptors (Lipinski definition) is 4. The molecule has 2 aromatic rings. The second kappa shape index (κ2) is 3.53. The van der Waals surface area contributed by atoms with Crippen molar-refractivity contribution in [2.75, 3.05) is 0 Å². The molecule has 0 aliphatic heterocycles. The normalized spacial score (nSPS) is 10.2. The van der Waals surface area contributed by atoms with Crippen LogP contribution >= 0.6 is 0 Å². The number of rotatable bonds is 2. The van der Waals surface area contributed by atoms with E-state index in [9.17, 15) is 4.79 Å². The lowest BCUT2D eigenvalue weighted by atomic mass is 10.1. The topological polar surface area (TPSA) is 76.2 Å². The van der Waals surface area contributed by atoms with Crippen molar-refractivity contribution in [1.82, 2.24) is 10.1 Å². The summed E-state index contributed by atoms with van der Waals surface area (Å²) >= 11 is 0. The molecular formula is C10H8N2O3. The van der Waals surface area contributed by atoms with Crippen LogP contribution in [0.25, 0.3) is 11.3 Å². The Labute approximate surface area is 85.4 Å². The fraction of sp³-hybridized carbons (Fsp3) is 0.100. The van der Waals surface area contributed by atoms with Gasteiger partial charge in [0.2, 0.25) is 0 Å². The predicted octanol–water partition coefficient (Wildman–Crippen LogP) is 1.74. The molecule has 1 N–H and O–H groups in total. The minimum atomic E-state index is -1.05. The van der Waals surface area contributed by atoms with Gasteiger partial charge in [0.15, 0.2) is 0 Å². The molecule has 0 bridgehead atoms. The van der Waals surface area contributed by atoms with Crippen LogP contribution in [-0.4, -0.2) is 21.2 Å². The van der Waals surface area contributed by atoms with E-state index in [4.69, 9.17) is 9.63 Å². The van der Waals surface area contributed by atoms with Crippen molar-refractivity contribution >= 4 is 5.97 Å². The van der Waals surface area contributed by atoms with Gasteiger partial charge in [-0.05, 0) is 19.1 Å². The lowest BCUT2D eigenvalue weighted by Gasteiger charge is -1.96. The predicted molar refractivity (Wildman–Crippen MR) is 51.4 cm³/mol. The summed E-state index contributed by atoms with van der Waals surface area (Å²) in [7, 11) is 0. The van der Waals surface area contributed by atoms with Gasteiger partial charge in [-0.25, -0.2) is 4.79 Å². The first-order chi connectivity index (χ1) is 7.20. The summed E-state index contributed by atoms with van der Waals surface area (Å²) in [5.41, 5.74) is 1.03. The van der Waals surface area contributed by atoms with E-state index < -0.39 is 5.97 Å². The first-order valence-corrected chi connectivity index (χ1v) is 4.30. The number of nitrogens with zero attached hydrogens (tertiary/aromatic N) is 2. The van der Waals surface area contributed by atoms with Gasteiger partial charge in [0.25, 0.3) is 0 Å². The van der Waals surface area contributed by atoms with E-state index in [0.717, 1.165) is 0 Å². The average molecular weight is 204 g/mol. The Balaban J connectivity index is 2.59. The third-order valence-electron chi connectivity index (χ3n) is 2.01. The van der Waals surface area contributed by atoms with Gasteiger partial charge in [0.05, 0.1) is 0 Å². The number of carboxylic acid groups (broad SMARTS) is 1. The van der Waals surface area contributed by atoms with Crippen molar-refractivity contribution in [3.05, 3.63) is 35.9 Å². The van der Waals surface area contributed by atoms with E-state index in [2.05, 4.69) is 10.1 Å². The molecule has 0 fully saturated rings. The number of aromatic carboxylic acids is 1. The van der Waals surface area contributed by atoms with Crippen molar-refractivity contribution in [1.29, 1.82) is 0 Å². The van der Waals surface area contributed by atoms with Gasteiger partial charge in [0.1, 0.15) is 17.0 Å². The zero-order chi connectivity index (χ0) is 10.8. The monoisotopic (exact) mass is 204 g/mol. The second-order valence-corrected chi connectivity index (χ2v) is 3.01. The SMILES string of the molecule is Cc1onc(-c2cccnc2)c1C(=O)O. The van der Waals surface area contributed by atoms with Gasteiger partial charge in [-0.3, -0.25) is 4.98 Å². The zero-order valence-corrected chi connectivity index (χ0v) is 7.97. The number of pyridine rings is 1. The maximum Gasteiger partial charge on any atom is 0.341 e. The van der Waals surface area contributed by atoms with Crippen LogP contribution in [0.4, 0.5) is 0 Å². The Hall–Kier alpha value is -2.17. The number of aromatic nitrogens is 2. The summed E-state index contributed by atoms with van der Waals surface area (Å²) in [5, 5.41) is 12.7. The standard InChI is InChI=1S/C10H8N2O3/c1-6-8(10(13)14)9(12-15-6)7-3-2-4-11-5-7/h2-5H,1H3,(H,13,14). The summed E-state index contributed by atoms with van der Waals surface area (Å²) in [5.74, 6) is -0.756. The number of hydrogen-bond donors (Lipinski definition) is 1. The molecule has 0 aromatic carbocycles. The van der Waals surface area contributed by atoms with Gasteiger partial charge in [-0.1, -0.05) is 5.16 Å². The van der Waals surface area contributed by atoms with Crippen LogP contribution in [0.1, 0.15) is 16.1 Å². The van der Waals surface area contributed by atoms with Crippen LogP contribution < -0.4 is 0 Å². The van der Waals surface area contributed by atoms with Gasteiger partial charge >= 0.3 is 5.97 Å². The summed E-state index contributed by atoms with van der Waals surface area (Å²) in [6, 6.07) is 3.45. The van der Waals surface area contributed by atoms with Crippen molar-refractivity contribution in [2.45, 2.75) is 6.92 Å². The minimum absolute atomic E-state index is 0.0861. The molecule has 5 nitrogen and oxygen atoms in total. The average Bonchev–Trinajstić information content (AvgIpc) is 2.61. The fourth-order valence-corrected chi connectivity index (χ4v) is 1.32. The van der Waals surface area contributed by atoms with E-state index in [1.54, 1.807) is 31.5 Å². The third kappa shape index (κ3) is 1.59. The number of aryl methyl sites for hydroxylation is 1. The van der Waals surface area contributed by atoms with E-state index in [1.165, 1.54) is 0 Å². The lowest BCUT2D eigenvalue weighted by molar-refractivity contribution is 0.0696. The molecule has 2 heterocycles. The Morgan fingerprint density at radius 3 is 2.93 bits per heavy atom. The van der Waals surface area contributed by atoms with Gasteiger partial charge in [-0.15, -0.1) is 0 Å². The summed E-state index contributed by atoms with van der Waals surface area (Å²) in [4.78, 5) is 14.9. The smallest absolute Gasteiger partial charge is 0.341 e. The molecule has 15 heavy (non-hydrogen) atoms. The first-order valence-electron chi connectivity index (χ1n) is 4.30. The highest BCUT2D eigenvalue weighted by Gasteiger charge is 2.20. The fourth-order valence-electron chi connectivity index (χ4n) is 1.32. The van der Waals surface area contributed by atoms with E-state index in [0.29, 0.717) is 17.0 Å². The zero-order valence-electron chi connectivity index (χ0n) is 7.97. The number of carboxylic acids is 1. The highest BCUT2D eigenvalue weighted by Crippen LogP contribution is 2.23. The van der Waals surface area contributed by atoms with Crippen molar-refractivity contribution in [3.63, 3.8) is 0 Å². The van der Waals surface area contributed by atoms with Crippen LogP contribution in [-0.2, 0) is 0 Å². The molecule has 0 spiro atoms. The Bertz CT molecular complexity index is 491. The van der Waals surface area contributed by atoms with Crippen molar-refractivity contribution in [3.8, 4) is 11.3 Å². The minimum Gasteiger partial charge on any atom is -0.477 e. The molecule has 0 aliphatic rings. The van der Waals surface area contributed by atoms with Gasteiger partial charge in [-0.2, -0.15) is 0 Å². The molecule has 0 atom stereocenters. The summed E-state index contributed by atoms with van der Waals surface area (Å²) in [6.45, 7) is 1.57. The molecule has 0 amide bonds. The largest absolute Gasteiger partial charge is 0.477 e. The van der Waals surface area contributed by atoms with Crippen LogP contribution in [0.2, 0.25) is 0 Å². The lowest BCUT2D eigenvalue weighted by Crippen LogP contribution is -1.99. The van der Waals surface area contributed by atoms with E-state index >= 15 is 0 Å². The van der Waals surface area contributed by atoms with Crippen LogP contribution in [0, 0.1) is 6.92 Å². The highest BCUT2D eigenvalue weighted by atomic mass is 16.5. The summed E-state index contributed by atoms with van der Waals surface area (Å²) in [6.07, 6.45) is 3.15. The van der Waals surface area contributed by atoms with E-state index in [1.807, 2.05) is 0 Å². The molecule has 0 aliphatic carbocycles. The molecule has 0 unspecified atom stereocenters. The summed E-state index contributed by atoms with van der Waals surface area (Å²) < 4.78 is 4.85. The van der Waals surface area contributed by atoms with Crippen LogP contribution in [0.15, 0.2) is 29.0 Å². The molecule has 2 aromatic heterocycles. The third-order valence-corrected chi connectivity index (χ3v) is 2.01. The van der Waals surface area contributed by atoms with Crippen molar-refractivity contribution < 1.29 is 14.4 Å². The molecule has 2 rings (SSSR count). The molecule has 76 valence electrons. The molecular weight excluding hydrogens is 196 g/mol. The van der Waals surface area contributed by atoms with Gasteiger partial charge in [0, 0.05) is 18.0 Å². The van der Waals surface area contributed by atoms with E-state index in [-0.39, 0.29) is 5.56 Å². The Kier molecular flexibility index (Phi) is 2.21. The van der Waals surface area contributed by atoms with Crippen molar-refractivity contribution in [2.24, 2.45) is 0 Å². The van der Waals surface area contributed by atoms with Crippen LogP contribution in [0.3, 0.4) is 0 Å². The molecule has 5 heteroatoms. The molecule has 0 saturated heterocycles. The first kappa shape index (κ1) is 9.39. The second-order valence-electron chi connectivity index (χ2n) is 3.01. The maximum atomic E-state index is 11.0. The highest BCUT2D eigenvalue weighted by molar-refractivity contribution is 5.95. The van der Waals surface area contributed by atoms with Crippen LogP contribution in [0.5, 0.6) is 0 Å². The Morgan fingerprint density at radius 2 is 2.33 bits per heavy atom.